The van der Waals surface area contributed by atoms with Crippen LogP contribution in [0.4, 0.5) is 5.82 Å². The van der Waals surface area contributed by atoms with E-state index >= 15 is 0 Å². The van der Waals surface area contributed by atoms with E-state index in [-0.39, 0.29) is 5.82 Å². The summed E-state index contributed by atoms with van der Waals surface area (Å²) in [5.74, 6) is 0.188. The number of hydrogen-bond donors (Lipinski definition) is 5. The van der Waals surface area contributed by atoms with Crippen molar-refractivity contribution in [1.82, 2.24) is 14.5 Å². The van der Waals surface area contributed by atoms with Crippen LogP contribution in [-0.2, 0) is 4.74 Å². The van der Waals surface area contributed by atoms with E-state index < -0.39 is 30.6 Å². The van der Waals surface area contributed by atoms with Crippen molar-refractivity contribution in [2.24, 2.45) is 0 Å². The molecule has 2 aromatic rings. The van der Waals surface area contributed by atoms with E-state index in [2.05, 4.69) is 25.9 Å². The fourth-order valence-corrected chi connectivity index (χ4v) is 3.28. The monoisotopic (exact) mass is 374 g/mol. The van der Waals surface area contributed by atoms with Crippen LogP contribution in [0.25, 0.3) is 11.0 Å². The van der Waals surface area contributed by atoms with Crippen molar-refractivity contribution in [1.29, 1.82) is 0 Å². The first-order valence-electron chi connectivity index (χ1n) is 6.49. The Labute approximate surface area is 133 Å². The predicted octanol–water partition coefficient (Wildman–Crippen LogP) is -0.00350. The van der Waals surface area contributed by atoms with Crippen molar-refractivity contribution in [3.8, 4) is 0 Å². The zero-order valence-electron chi connectivity index (χ0n) is 11.5. The van der Waals surface area contributed by atoms with Gasteiger partial charge in [-0.05, 0) is 22.9 Å². The van der Waals surface area contributed by atoms with Crippen molar-refractivity contribution in [3.63, 3.8) is 0 Å². The van der Waals surface area contributed by atoms with Crippen LogP contribution >= 0.6 is 15.9 Å². The molecular weight excluding hydrogens is 360 g/mol. The zero-order valence-corrected chi connectivity index (χ0v) is 13.1. The minimum absolute atomic E-state index is 0.188. The number of anilines is 1. The number of aliphatic hydroxyl groups is 3. The second-order valence-corrected chi connectivity index (χ2v) is 6.15. The molecule has 120 valence electrons. The lowest BCUT2D eigenvalue weighted by Gasteiger charge is -2.27. The number of rotatable bonds is 3. The second-order valence-electron chi connectivity index (χ2n) is 5.30. The maximum Gasteiger partial charge on any atom is 0.167 e. The highest BCUT2D eigenvalue weighted by Crippen LogP contribution is 2.41. The van der Waals surface area contributed by atoms with Gasteiger partial charge in [-0.2, -0.15) is 0 Å². The van der Waals surface area contributed by atoms with E-state index in [1.807, 2.05) is 5.48 Å². The van der Waals surface area contributed by atoms with Crippen molar-refractivity contribution in [3.05, 3.63) is 17.0 Å². The second kappa shape index (κ2) is 5.41. The summed E-state index contributed by atoms with van der Waals surface area (Å²) >= 11 is 3.34. The number of nitrogens with zero attached hydrogens (tertiary/aromatic N) is 3. The number of halogens is 1. The molecule has 0 aliphatic carbocycles. The zero-order chi connectivity index (χ0) is 16.1. The number of nitrogens with one attached hydrogen (secondary N) is 1. The van der Waals surface area contributed by atoms with E-state index in [1.54, 1.807) is 6.20 Å². The smallest absolute Gasteiger partial charge is 0.167 e. The molecule has 22 heavy (non-hydrogen) atoms. The highest BCUT2D eigenvalue weighted by molar-refractivity contribution is 9.10. The summed E-state index contributed by atoms with van der Waals surface area (Å²) in [4.78, 5) is 8.03. The first-order valence-corrected chi connectivity index (χ1v) is 7.29. The third kappa shape index (κ3) is 2.11. The lowest BCUT2D eigenvalue weighted by Crippen LogP contribution is -2.44. The molecule has 4 atom stereocenters. The average molecular weight is 375 g/mol. The van der Waals surface area contributed by atoms with Gasteiger partial charge in [0.2, 0.25) is 0 Å². The molecule has 3 heterocycles. The molecule has 2 aromatic heterocycles. The molecular formula is C12H15BrN4O5. The van der Waals surface area contributed by atoms with E-state index in [9.17, 15) is 15.3 Å². The van der Waals surface area contributed by atoms with Crippen molar-refractivity contribution >= 4 is 32.8 Å². The summed E-state index contributed by atoms with van der Waals surface area (Å²) in [6.07, 6.45) is -0.279. The number of ether oxygens (including phenoxy) is 1. The topological polar surface area (TPSA) is 133 Å². The van der Waals surface area contributed by atoms with E-state index in [1.165, 1.54) is 17.8 Å². The summed E-state index contributed by atoms with van der Waals surface area (Å²) in [7, 11) is 0. The SMILES string of the molecule is C[C@@]1(O)C(O)C(CO)OC1n1cc(Br)c2c(NO)ncnc21. The Bertz CT molecular complexity index is 706. The fraction of sp³-hybridized carbons (Fsp3) is 0.500. The summed E-state index contributed by atoms with van der Waals surface area (Å²) in [5, 5.41) is 39.5. The van der Waals surface area contributed by atoms with Crippen LogP contribution in [0, 0.1) is 0 Å². The molecule has 0 spiro atoms. The molecule has 0 saturated carbocycles. The largest absolute Gasteiger partial charge is 0.394 e. The van der Waals surface area contributed by atoms with Crippen LogP contribution < -0.4 is 5.48 Å². The van der Waals surface area contributed by atoms with Gasteiger partial charge in [-0.15, -0.1) is 0 Å². The molecule has 1 fully saturated rings. The Morgan fingerprint density at radius 3 is 2.82 bits per heavy atom. The Morgan fingerprint density at radius 2 is 2.23 bits per heavy atom. The van der Waals surface area contributed by atoms with Crippen LogP contribution in [0.15, 0.2) is 17.0 Å². The first kappa shape index (κ1) is 15.6. The van der Waals surface area contributed by atoms with Gasteiger partial charge in [0, 0.05) is 10.7 Å². The van der Waals surface area contributed by atoms with Gasteiger partial charge in [0.1, 0.15) is 29.8 Å². The summed E-state index contributed by atoms with van der Waals surface area (Å²) < 4.78 is 7.65. The molecule has 1 aliphatic heterocycles. The average Bonchev–Trinajstić information content (AvgIpc) is 2.95. The Kier molecular flexibility index (Phi) is 3.83. The Morgan fingerprint density at radius 1 is 1.50 bits per heavy atom. The molecule has 0 amide bonds. The molecule has 1 aliphatic rings. The molecule has 5 N–H and O–H groups in total. The fourth-order valence-electron chi connectivity index (χ4n) is 2.69. The lowest BCUT2D eigenvalue weighted by molar-refractivity contribution is -0.0948. The summed E-state index contributed by atoms with van der Waals surface area (Å²) in [5.41, 5.74) is 0.732. The highest BCUT2D eigenvalue weighted by Gasteiger charge is 2.53. The van der Waals surface area contributed by atoms with Gasteiger partial charge in [0.25, 0.3) is 0 Å². The Balaban J connectivity index is 2.15. The molecule has 3 unspecified atom stereocenters. The van der Waals surface area contributed by atoms with Gasteiger partial charge < -0.3 is 24.6 Å². The third-order valence-corrected chi connectivity index (χ3v) is 4.46. The van der Waals surface area contributed by atoms with Crippen LogP contribution in [0.2, 0.25) is 0 Å². The molecule has 1 saturated heterocycles. The number of aliphatic hydroxyl groups excluding tert-OH is 2. The van der Waals surface area contributed by atoms with Crippen molar-refractivity contribution in [2.45, 2.75) is 31.0 Å². The van der Waals surface area contributed by atoms with Crippen molar-refractivity contribution in [2.75, 3.05) is 12.1 Å². The predicted molar refractivity (Wildman–Crippen MR) is 78.3 cm³/mol. The van der Waals surface area contributed by atoms with Crippen LogP contribution in [-0.4, -0.2) is 59.5 Å². The number of hydrogen-bond acceptors (Lipinski definition) is 8. The molecule has 0 aromatic carbocycles. The number of aromatic nitrogens is 3. The molecule has 0 radical (unpaired) electrons. The van der Waals surface area contributed by atoms with Gasteiger partial charge in [-0.25, -0.2) is 9.97 Å². The summed E-state index contributed by atoms with van der Waals surface area (Å²) in [6.45, 7) is 0.997. The minimum atomic E-state index is -1.63. The molecule has 9 nitrogen and oxygen atoms in total. The standard InChI is InChI=1S/C12H15BrN4O5/c1-12(20)8(19)6(3-18)22-11(12)17-2-5(13)7-9(16-21)14-4-15-10(7)17/h2,4,6,8,11,18-21H,3H2,1H3,(H,14,15,16)/t6?,8?,11?,12-/m1/s1. The van der Waals surface area contributed by atoms with E-state index in [0.29, 0.717) is 15.5 Å². The summed E-state index contributed by atoms with van der Waals surface area (Å²) in [6, 6.07) is 0. The van der Waals surface area contributed by atoms with Crippen molar-refractivity contribution < 1.29 is 25.3 Å². The van der Waals surface area contributed by atoms with Gasteiger partial charge in [0.05, 0.1) is 12.0 Å². The maximum atomic E-state index is 10.5. The number of fused-ring (bicyclic) bond motifs is 1. The maximum absolute atomic E-state index is 10.5. The normalized spacial score (nSPS) is 31.8. The Hall–Kier alpha value is -1.30. The lowest BCUT2D eigenvalue weighted by atomic mass is 9.96. The van der Waals surface area contributed by atoms with Gasteiger partial charge >= 0.3 is 0 Å². The van der Waals surface area contributed by atoms with E-state index in [4.69, 9.17) is 9.94 Å². The van der Waals surface area contributed by atoms with Gasteiger partial charge in [0.15, 0.2) is 12.0 Å². The highest BCUT2D eigenvalue weighted by atomic mass is 79.9. The van der Waals surface area contributed by atoms with Crippen LogP contribution in [0.5, 0.6) is 0 Å². The molecule has 10 heteroatoms. The quantitative estimate of drug-likeness (QED) is 0.474. The molecule has 0 bridgehead atoms. The first-order chi connectivity index (χ1) is 10.4. The van der Waals surface area contributed by atoms with Gasteiger partial charge in [-0.3, -0.25) is 10.7 Å². The van der Waals surface area contributed by atoms with E-state index in [0.717, 1.165) is 0 Å². The minimum Gasteiger partial charge on any atom is -0.394 e. The van der Waals surface area contributed by atoms with Crippen LogP contribution in [0.3, 0.4) is 0 Å². The third-order valence-electron chi connectivity index (χ3n) is 3.86. The van der Waals surface area contributed by atoms with Crippen LogP contribution in [0.1, 0.15) is 13.2 Å². The molecule has 3 rings (SSSR count). The van der Waals surface area contributed by atoms with Gasteiger partial charge in [-0.1, -0.05) is 0 Å².